The number of ketones is 1. The number of hydrogen-bond donors (Lipinski definition) is 0. The van der Waals surface area contributed by atoms with E-state index in [2.05, 4.69) is 20.7 Å². The zero-order valence-electron chi connectivity index (χ0n) is 6.76. The Labute approximate surface area is 74.2 Å². The lowest BCUT2D eigenvalue weighted by Crippen LogP contribution is -2.27. The first-order valence-corrected chi connectivity index (χ1v) is 4.18. The van der Waals surface area contributed by atoms with Gasteiger partial charge in [-0.25, -0.2) is 0 Å². The molecule has 0 heterocycles. The lowest BCUT2D eigenvalue weighted by molar-refractivity contribution is -0.148. The van der Waals surface area contributed by atoms with Gasteiger partial charge in [-0.05, 0) is 13.8 Å². The molecule has 0 radical (unpaired) electrons. The first-order valence-electron chi connectivity index (χ1n) is 3.26. The van der Waals surface area contributed by atoms with Crippen LogP contribution in [0.3, 0.4) is 0 Å². The molecule has 0 rings (SSSR count). The van der Waals surface area contributed by atoms with Crippen LogP contribution in [0.15, 0.2) is 0 Å². The SMILES string of the molecule is COC(=O)C(C)C(=O)C(C)Br. The predicted molar refractivity (Wildman–Crippen MR) is 44.6 cm³/mol. The van der Waals surface area contributed by atoms with Gasteiger partial charge in [0.15, 0.2) is 5.78 Å². The highest BCUT2D eigenvalue weighted by molar-refractivity contribution is 9.10. The summed E-state index contributed by atoms with van der Waals surface area (Å²) in [5.41, 5.74) is 0. The Morgan fingerprint density at radius 2 is 1.82 bits per heavy atom. The van der Waals surface area contributed by atoms with E-state index in [0.29, 0.717) is 0 Å². The largest absolute Gasteiger partial charge is 0.468 e. The maximum Gasteiger partial charge on any atom is 0.315 e. The van der Waals surface area contributed by atoms with E-state index < -0.39 is 11.9 Å². The number of rotatable bonds is 3. The summed E-state index contributed by atoms with van der Waals surface area (Å²) in [7, 11) is 1.27. The van der Waals surface area contributed by atoms with Gasteiger partial charge < -0.3 is 4.74 Å². The fraction of sp³-hybridized carbons (Fsp3) is 0.714. The van der Waals surface area contributed by atoms with E-state index in [-0.39, 0.29) is 10.6 Å². The van der Waals surface area contributed by atoms with Gasteiger partial charge in [-0.3, -0.25) is 9.59 Å². The van der Waals surface area contributed by atoms with Crippen molar-refractivity contribution in [1.82, 2.24) is 0 Å². The van der Waals surface area contributed by atoms with Crippen LogP contribution in [0.1, 0.15) is 13.8 Å². The smallest absolute Gasteiger partial charge is 0.315 e. The second-order valence-electron chi connectivity index (χ2n) is 2.26. The molecule has 2 atom stereocenters. The molecule has 11 heavy (non-hydrogen) atoms. The lowest BCUT2D eigenvalue weighted by Gasteiger charge is -2.08. The zero-order valence-corrected chi connectivity index (χ0v) is 8.34. The fourth-order valence-corrected chi connectivity index (χ4v) is 1.03. The van der Waals surface area contributed by atoms with Gasteiger partial charge in [0.2, 0.25) is 0 Å². The van der Waals surface area contributed by atoms with Crippen LogP contribution in [0.5, 0.6) is 0 Å². The minimum absolute atomic E-state index is 0.156. The van der Waals surface area contributed by atoms with Crippen molar-refractivity contribution in [3.05, 3.63) is 0 Å². The molecule has 0 bridgehead atoms. The number of Topliss-reactive ketones (excluding diaryl/α,β-unsaturated/α-hetero) is 1. The zero-order chi connectivity index (χ0) is 9.02. The molecule has 0 amide bonds. The number of esters is 1. The van der Waals surface area contributed by atoms with Crippen molar-refractivity contribution in [2.45, 2.75) is 18.7 Å². The second kappa shape index (κ2) is 4.49. The summed E-state index contributed by atoms with van der Waals surface area (Å²) in [6.07, 6.45) is 0. The number of alkyl halides is 1. The maximum atomic E-state index is 11.1. The van der Waals surface area contributed by atoms with E-state index in [1.165, 1.54) is 14.0 Å². The Bertz CT molecular complexity index is 165. The number of ether oxygens (including phenoxy) is 1. The molecule has 0 aliphatic carbocycles. The van der Waals surface area contributed by atoms with Crippen molar-refractivity contribution in [1.29, 1.82) is 0 Å². The van der Waals surface area contributed by atoms with Crippen LogP contribution >= 0.6 is 15.9 Å². The number of methoxy groups -OCH3 is 1. The van der Waals surface area contributed by atoms with E-state index in [1.807, 2.05) is 0 Å². The number of hydrogen-bond acceptors (Lipinski definition) is 3. The van der Waals surface area contributed by atoms with E-state index in [9.17, 15) is 9.59 Å². The summed E-state index contributed by atoms with van der Waals surface area (Å²) in [6, 6.07) is 0. The van der Waals surface area contributed by atoms with E-state index >= 15 is 0 Å². The highest BCUT2D eigenvalue weighted by Gasteiger charge is 2.24. The molecule has 0 saturated heterocycles. The minimum atomic E-state index is -0.672. The van der Waals surface area contributed by atoms with Crippen LogP contribution in [0, 0.1) is 5.92 Å². The van der Waals surface area contributed by atoms with Gasteiger partial charge in [-0.15, -0.1) is 0 Å². The Balaban J connectivity index is 4.13. The molecule has 0 fully saturated rings. The molecule has 0 aliphatic heterocycles. The highest BCUT2D eigenvalue weighted by Crippen LogP contribution is 2.09. The highest BCUT2D eigenvalue weighted by atomic mass is 79.9. The molecule has 0 spiro atoms. The molecule has 0 aromatic rings. The number of carbonyl (C=O) groups is 2. The molecule has 0 aromatic heterocycles. The molecule has 0 aliphatic rings. The molecule has 2 unspecified atom stereocenters. The van der Waals surface area contributed by atoms with Gasteiger partial charge in [0.25, 0.3) is 0 Å². The van der Waals surface area contributed by atoms with Crippen molar-refractivity contribution in [2.24, 2.45) is 5.92 Å². The first-order chi connectivity index (χ1) is 5.00. The van der Waals surface area contributed by atoms with Crippen molar-refractivity contribution >= 4 is 27.7 Å². The average Bonchev–Trinajstić information content (AvgIpc) is 2.00. The van der Waals surface area contributed by atoms with Crippen molar-refractivity contribution in [3.63, 3.8) is 0 Å². The molecule has 0 aromatic carbocycles. The minimum Gasteiger partial charge on any atom is -0.468 e. The van der Waals surface area contributed by atoms with Crippen LogP contribution in [0.4, 0.5) is 0 Å². The van der Waals surface area contributed by atoms with Gasteiger partial charge in [0.05, 0.1) is 11.9 Å². The Kier molecular flexibility index (Phi) is 4.33. The van der Waals surface area contributed by atoms with Gasteiger partial charge in [0, 0.05) is 0 Å². The number of carbonyl (C=O) groups excluding carboxylic acids is 2. The first kappa shape index (κ1) is 10.6. The van der Waals surface area contributed by atoms with E-state index in [4.69, 9.17) is 0 Å². The van der Waals surface area contributed by atoms with Gasteiger partial charge in [-0.2, -0.15) is 0 Å². The topological polar surface area (TPSA) is 43.4 Å². The van der Waals surface area contributed by atoms with Crippen LogP contribution in [0.2, 0.25) is 0 Å². The maximum absolute atomic E-state index is 11.1. The lowest BCUT2D eigenvalue weighted by atomic mass is 10.1. The summed E-state index contributed by atoms with van der Waals surface area (Å²) < 4.78 is 4.40. The Hall–Kier alpha value is -0.380. The van der Waals surface area contributed by atoms with Gasteiger partial charge in [-0.1, -0.05) is 15.9 Å². The molecule has 0 N–H and O–H groups in total. The van der Waals surface area contributed by atoms with Crippen LogP contribution in [-0.4, -0.2) is 23.7 Å². The predicted octanol–water partition coefficient (Wildman–Crippen LogP) is 1.15. The molecule has 3 nitrogen and oxygen atoms in total. The third-order valence-corrected chi connectivity index (χ3v) is 1.82. The van der Waals surface area contributed by atoms with Crippen molar-refractivity contribution in [2.75, 3.05) is 7.11 Å². The van der Waals surface area contributed by atoms with Crippen molar-refractivity contribution in [3.8, 4) is 0 Å². The Morgan fingerprint density at radius 1 is 1.36 bits per heavy atom. The quantitative estimate of drug-likeness (QED) is 0.409. The van der Waals surface area contributed by atoms with Crippen molar-refractivity contribution < 1.29 is 14.3 Å². The van der Waals surface area contributed by atoms with Crippen LogP contribution in [-0.2, 0) is 14.3 Å². The standard InChI is InChI=1S/C7H11BrO3/c1-4(7(10)11-3)6(9)5(2)8/h4-5H,1-3H3. The summed E-state index contributed by atoms with van der Waals surface area (Å²) in [5, 5.41) is 0. The third kappa shape index (κ3) is 3.01. The van der Waals surface area contributed by atoms with Crippen LogP contribution < -0.4 is 0 Å². The van der Waals surface area contributed by atoms with Crippen LogP contribution in [0.25, 0.3) is 0 Å². The summed E-state index contributed by atoms with van der Waals surface area (Å²) in [6.45, 7) is 3.22. The van der Waals surface area contributed by atoms with E-state index in [0.717, 1.165) is 0 Å². The van der Waals surface area contributed by atoms with Gasteiger partial charge in [0.1, 0.15) is 5.92 Å². The summed E-state index contributed by atoms with van der Waals surface area (Å²) in [5.74, 6) is -1.31. The fourth-order valence-electron chi connectivity index (χ4n) is 0.637. The average molecular weight is 223 g/mol. The monoisotopic (exact) mass is 222 g/mol. The van der Waals surface area contributed by atoms with Gasteiger partial charge >= 0.3 is 5.97 Å². The number of halogens is 1. The second-order valence-corrected chi connectivity index (χ2v) is 3.64. The molecule has 4 heteroatoms. The molecular weight excluding hydrogens is 212 g/mol. The summed E-state index contributed by atoms with van der Waals surface area (Å²) >= 11 is 3.08. The Morgan fingerprint density at radius 3 is 2.09 bits per heavy atom. The third-order valence-electron chi connectivity index (χ3n) is 1.37. The molecule has 0 saturated carbocycles. The summed E-state index contributed by atoms with van der Waals surface area (Å²) in [4.78, 5) is 21.6. The molecular formula is C7H11BrO3. The normalized spacial score (nSPS) is 15.3. The molecule has 64 valence electrons. The van der Waals surface area contributed by atoms with E-state index in [1.54, 1.807) is 6.92 Å².